The van der Waals surface area contributed by atoms with E-state index in [0.717, 1.165) is 17.9 Å². The molecule has 0 atom stereocenters. The Morgan fingerprint density at radius 3 is 2.23 bits per heavy atom. The van der Waals surface area contributed by atoms with Gasteiger partial charge in [0.15, 0.2) is 0 Å². The third-order valence-electron chi connectivity index (χ3n) is 5.15. The number of Topliss-reactive ketones (excluding diaryl/α,β-unsaturated/α-hetero) is 1. The van der Waals surface area contributed by atoms with Crippen LogP contribution in [-0.4, -0.2) is 34.1 Å². The van der Waals surface area contributed by atoms with Crippen molar-refractivity contribution in [2.24, 2.45) is 0 Å². The molecule has 1 amide bonds. The molecule has 30 heavy (non-hydrogen) atoms. The molecule has 1 N–H and O–H groups in total. The van der Waals surface area contributed by atoms with Crippen molar-refractivity contribution in [1.82, 2.24) is 9.78 Å². The van der Waals surface area contributed by atoms with Crippen LogP contribution in [0, 0.1) is 13.8 Å². The molecule has 0 fully saturated rings. The maximum absolute atomic E-state index is 12.9. The highest BCUT2D eigenvalue weighted by atomic mass is 16.2. The van der Waals surface area contributed by atoms with Crippen LogP contribution >= 0.6 is 0 Å². The van der Waals surface area contributed by atoms with Gasteiger partial charge in [0.2, 0.25) is 0 Å². The van der Waals surface area contributed by atoms with Crippen molar-refractivity contribution in [2.45, 2.75) is 40.7 Å². The number of hydrogen-bond donors (Lipinski definition) is 1. The van der Waals surface area contributed by atoms with Crippen molar-refractivity contribution in [3.63, 3.8) is 0 Å². The molecule has 156 valence electrons. The molecule has 0 aliphatic rings. The summed E-state index contributed by atoms with van der Waals surface area (Å²) in [5, 5.41) is 7.17. The fraction of sp³-hybridized carbons (Fsp3) is 0.292. The average Bonchev–Trinajstić information content (AvgIpc) is 3.03. The molecule has 0 unspecified atom stereocenters. The van der Waals surface area contributed by atoms with Gasteiger partial charge in [0.1, 0.15) is 0 Å². The topological polar surface area (TPSA) is 67.2 Å². The van der Waals surface area contributed by atoms with Crippen molar-refractivity contribution >= 4 is 23.1 Å². The highest BCUT2D eigenvalue weighted by Gasteiger charge is 2.25. The maximum Gasteiger partial charge on any atom is 0.296 e. The van der Waals surface area contributed by atoms with Crippen molar-refractivity contribution in [2.75, 3.05) is 16.8 Å². The number of carbonyl (C=O) groups is 2. The van der Waals surface area contributed by atoms with Crippen LogP contribution in [0.1, 0.15) is 42.5 Å². The third-order valence-corrected chi connectivity index (χ3v) is 5.15. The summed E-state index contributed by atoms with van der Waals surface area (Å²) in [6.45, 7) is 10.8. The van der Waals surface area contributed by atoms with Gasteiger partial charge < -0.3 is 10.2 Å². The van der Waals surface area contributed by atoms with Gasteiger partial charge >= 0.3 is 0 Å². The van der Waals surface area contributed by atoms with Gasteiger partial charge in [-0.2, -0.15) is 5.10 Å². The Balaban J connectivity index is 1.78. The summed E-state index contributed by atoms with van der Waals surface area (Å²) in [6.07, 6.45) is 0. The van der Waals surface area contributed by atoms with E-state index in [1.165, 1.54) is 0 Å². The summed E-state index contributed by atoms with van der Waals surface area (Å²) in [5.41, 5.74) is 4.02. The lowest BCUT2D eigenvalue weighted by Crippen LogP contribution is -2.30. The van der Waals surface area contributed by atoms with Crippen molar-refractivity contribution < 1.29 is 9.59 Å². The number of amides is 1. The first-order valence-electron chi connectivity index (χ1n) is 10.2. The number of nitrogens with zero attached hydrogens (tertiary/aromatic N) is 3. The van der Waals surface area contributed by atoms with E-state index in [1.54, 1.807) is 18.5 Å². The Bertz CT molecular complexity index is 1040. The summed E-state index contributed by atoms with van der Waals surface area (Å²) in [6, 6.07) is 17.5. The van der Waals surface area contributed by atoms with E-state index in [4.69, 9.17) is 0 Å². The molecule has 1 aromatic heterocycles. The van der Waals surface area contributed by atoms with E-state index >= 15 is 0 Å². The number of benzene rings is 2. The van der Waals surface area contributed by atoms with E-state index in [1.807, 2.05) is 54.6 Å². The monoisotopic (exact) mass is 404 g/mol. The smallest absolute Gasteiger partial charge is 0.296 e. The molecule has 6 nitrogen and oxygen atoms in total. The number of anilines is 2. The quantitative estimate of drug-likeness (QED) is 0.464. The SMILES string of the molecule is CCN(c1ccc(NC(=O)C(=O)c2c(C)nn(-c3ccccc3)c2C)cc1)C(C)C. The van der Waals surface area contributed by atoms with E-state index in [9.17, 15) is 9.59 Å². The summed E-state index contributed by atoms with van der Waals surface area (Å²) < 4.78 is 1.69. The van der Waals surface area contributed by atoms with Crippen molar-refractivity contribution in [3.05, 3.63) is 71.5 Å². The van der Waals surface area contributed by atoms with Crippen LogP contribution in [0.4, 0.5) is 11.4 Å². The van der Waals surface area contributed by atoms with Crippen LogP contribution in [0.25, 0.3) is 5.69 Å². The van der Waals surface area contributed by atoms with Crippen LogP contribution in [0.5, 0.6) is 0 Å². The Kier molecular flexibility index (Phi) is 6.35. The number of ketones is 1. The zero-order valence-electron chi connectivity index (χ0n) is 18.1. The van der Waals surface area contributed by atoms with Crippen LogP contribution in [0.3, 0.4) is 0 Å². The molecule has 0 aliphatic heterocycles. The number of aryl methyl sites for hydroxylation is 1. The summed E-state index contributed by atoms with van der Waals surface area (Å²) in [4.78, 5) is 27.8. The molecule has 1 heterocycles. The predicted molar refractivity (Wildman–Crippen MR) is 121 cm³/mol. The van der Waals surface area contributed by atoms with E-state index in [0.29, 0.717) is 28.7 Å². The number of carbonyl (C=O) groups excluding carboxylic acids is 2. The van der Waals surface area contributed by atoms with Gasteiger partial charge in [0, 0.05) is 24.0 Å². The molecule has 0 bridgehead atoms. The lowest BCUT2D eigenvalue weighted by atomic mass is 10.1. The number of rotatable bonds is 7. The molecule has 3 aromatic rings. The predicted octanol–water partition coefficient (Wildman–Crippen LogP) is 4.55. The largest absolute Gasteiger partial charge is 0.369 e. The second kappa shape index (κ2) is 8.95. The van der Waals surface area contributed by atoms with Crippen LogP contribution in [0.15, 0.2) is 54.6 Å². The van der Waals surface area contributed by atoms with Gasteiger partial charge in [-0.05, 0) is 71.0 Å². The molecule has 0 spiro atoms. The van der Waals surface area contributed by atoms with Crippen LogP contribution in [0.2, 0.25) is 0 Å². The minimum absolute atomic E-state index is 0.338. The Labute approximate surface area is 177 Å². The minimum Gasteiger partial charge on any atom is -0.369 e. The van der Waals surface area contributed by atoms with Crippen molar-refractivity contribution in [1.29, 1.82) is 0 Å². The lowest BCUT2D eigenvalue weighted by Gasteiger charge is -2.27. The van der Waals surface area contributed by atoms with Gasteiger partial charge in [0.05, 0.1) is 22.6 Å². The van der Waals surface area contributed by atoms with Gasteiger partial charge in [-0.1, -0.05) is 18.2 Å². The van der Waals surface area contributed by atoms with Gasteiger partial charge in [-0.25, -0.2) is 4.68 Å². The molecule has 2 aromatic carbocycles. The minimum atomic E-state index is -0.669. The van der Waals surface area contributed by atoms with E-state index in [-0.39, 0.29) is 0 Å². The maximum atomic E-state index is 12.9. The van der Waals surface area contributed by atoms with Gasteiger partial charge in [-0.15, -0.1) is 0 Å². The molecular weight excluding hydrogens is 376 g/mol. The summed E-state index contributed by atoms with van der Waals surface area (Å²) in [5.74, 6) is -1.26. The Morgan fingerprint density at radius 1 is 1.03 bits per heavy atom. The second-order valence-electron chi connectivity index (χ2n) is 7.50. The van der Waals surface area contributed by atoms with Crippen molar-refractivity contribution in [3.8, 4) is 5.69 Å². The standard InChI is InChI=1S/C24H28N4O2/c1-6-27(16(2)3)20-14-12-19(13-15-20)25-24(30)23(29)22-17(4)26-28(18(22)5)21-10-8-7-9-11-21/h7-16H,6H2,1-5H3,(H,25,30). The lowest BCUT2D eigenvalue weighted by molar-refractivity contribution is -0.112. The van der Waals surface area contributed by atoms with Gasteiger partial charge in [-0.3, -0.25) is 9.59 Å². The summed E-state index contributed by atoms with van der Waals surface area (Å²) >= 11 is 0. The first-order valence-corrected chi connectivity index (χ1v) is 10.2. The first-order chi connectivity index (χ1) is 14.3. The highest BCUT2D eigenvalue weighted by molar-refractivity contribution is 6.47. The zero-order valence-corrected chi connectivity index (χ0v) is 18.1. The molecule has 0 aliphatic carbocycles. The fourth-order valence-electron chi connectivity index (χ4n) is 3.68. The molecule has 0 radical (unpaired) electrons. The van der Waals surface area contributed by atoms with E-state index < -0.39 is 11.7 Å². The summed E-state index contributed by atoms with van der Waals surface area (Å²) in [7, 11) is 0. The number of nitrogens with one attached hydrogen (secondary N) is 1. The van der Waals surface area contributed by atoms with Crippen LogP contribution < -0.4 is 10.2 Å². The average molecular weight is 405 g/mol. The molecule has 6 heteroatoms. The molecular formula is C24H28N4O2. The third kappa shape index (κ3) is 4.27. The normalized spacial score (nSPS) is 10.9. The number of aromatic nitrogens is 2. The zero-order chi connectivity index (χ0) is 21.8. The molecule has 0 saturated heterocycles. The number of para-hydroxylation sites is 1. The van der Waals surface area contributed by atoms with Crippen LogP contribution in [-0.2, 0) is 4.79 Å². The molecule has 3 rings (SSSR count). The first kappa shape index (κ1) is 21.3. The van der Waals surface area contributed by atoms with E-state index in [2.05, 4.69) is 36.1 Å². The fourth-order valence-corrected chi connectivity index (χ4v) is 3.68. The molecule has 0 saturated carbocycles. The Morgan fingerprint density at radius 2 is 1.67 bits per heavy atom. The Hall–Kier alpha value is -3.41. The highest BCUT2D eigenvalue weighted by Crippen LogP contribution is 2.22. The number of hydrogen-bond acceptors (Lipinski definition) is 4. The van der Waals surface area contributed by atoms with Gasteiger partial charge in [0.25, 0.3) is 11.7 Å². The second-order valence-corrected chi connectivity index (χ2v) is 7.50.